The molecule has 0 saturated carbocycles. The van der Waals surface area contributed by atoms with Gasteiger partial charge in [-0.15, -0.1) is 11.3 Å². The van der Waals surface area contributed by atoms with E-state index in [9.17, 15) is 0 Å². The van der Waals surface area contributed by atoms with Gasteiger partial charge < -0.3 is 5.11 Å². The zero-order valence-electron chi connectivity index (χ0n) is 4.38. The van der Waals surface area contributed by atoms with E-state index >= 15 is 0 Å². The van der Waals surface area contributed by atoms with E-state index in [2.05, 4.69) is 0 Å². The van der Waals surface area contributed by atoms with Crippen LogP contribution in [0.15, 0.2) is 5.38 Å². The lowest BCUT2D eigenvalue weighted by Crippen LogP contribution is -2.06. The van der Waals surface area contributed by atoms with Gasteiger partial charge in [0.25, 0.3) is 0 Å². The Hall–Kier alpha value is -0.770. The summed E-state index contributed by atoms with van der Waals surface area (Å²) in [5.41, 5.74) is 0. The number of nitrogens with zero attached hydrogens (tertiary/aromatic N) is 1. The summed E-state index contributed by atoms with van der Waals surface area (Å²) in [4.78, 5) is 0.363. The lowest BCUT2D eigenvalue weighted by molar-refractivity contribution is 0.428. The summed E-state index contributed by atoms with van der Waals surface area (Å²) in [5.74, 6) is 0.153. The fourth-order valence-corrected chi connectivity index (χ4v) is 0.997. The molecule has 3 nitrogen and oxygen atoms in total. The summed E-state index contributed by atoms with van der Waals surface area (Å²) in [6, 6.07) is 0. The Balaban J connectivity index is 3.41. The molecule has 0 aliphatic carbocycles. The van der Waals surface area contributed by atoms with Gasteiger partial charge in [-0.05, 0) is 0 Å². The molecular formula is C4H6N2OS. The normalized spacial score (nSPS) is 9.62. The molecule has 0 atom stereocenters. The van der Waals surface area contributed by atoms with Crippen molar-refractivity contribution in [1.29, 1.82) is 5.41 Å². The van der Waals surface area contributed by atoms with Crippen LogP contribution in [-0.2, 0) is 7.05 Å². The van der Waals surface area contributed by atoms with E-state index in [-0.39, 0.29) is 5.88 Å². The van der Waals surface area contributed by atoms with Crippen molar-refractivity contribution in [1.82, 2.24) is 4.57 Å². The van der Waals surface area contributed by atoms with Crippen molar-refractivity contribution in [2.45, 2.75) is 0 Å². The van der Waals surface area contributed by atoms with Gasteiger partial charge >= 0.3 is 0 Å². The Bertz CT molecular complexity index is 236. The quantitative estimate of drug-likeness (QED) is 0.520. The Kier molecular flexibility index (Phi) is 1.09. The summed E-state index contributed by atoms with van der Waals surface area (Å²) in [7, 11) is 1.65. The molecule has 1 aromatic rings. The number of rotatable bonds is 0. The zero-order chi connectivity index (χ0) is 6.15. The second-order valence-electron chi connectivity index (χ2n) is 1.46. The number of hydrogen-bond donors (Lipinski definition) is 2. The van der Waals surface area contributed by atoms with Crippen molar-refractivity contribution >= 4 is 11.3 Å². The third kappa shape index (κ3) is 0.626. The minimum absolute atomic E-state index is 0.153. The van der Waals surface area contributed by atoms with Crippen LogP contribution in [0, 0.1) is 5.41 Å². The van der Waals surface area contributed by atoms with Crippen LogP contribution in [0.25, 0.3) is 0 Å². The molecule has 0 bridgehead atoms. The van der Waals surface area contributed by atoms with Gasteiger partial charge in [0.2, 0.25) is 5.88 Å². The maximum atomic E-state index is 8.79. The van der Waals surface area contributed by atoms with Crippen LogP contribution in [0.1, 0.15) is 0 Å². The van der Waals surface area contributed by atoms with E-state index in [1.165, 1.54) is 21.3 Å². The number of thiazole rings is 1. The second kappa shape index (κ2) is 1.63. The molecule has 0 aliphatic rings. The molecule has 0 saturated heterocycles. The molecule has 1 heterocycles. The van der Waals surface area contributed by atoms with E-state index in [4.69, 9.17) is 10.5 Å². The highest BCUT2D eigenvalue weighted by molar-refractivity contribution is 7.07. The molecule has 0 unspecified atom stereocenters. The monoisotopic (exact) mass is 130 g/mol. The number of hydrogen-bond acceptors (Lipinski definition) is 3. The molecule has 0 aliphatic heterocycles. The molecular weight excluding hydrogens is 124 g/mol. The molecule has 0 amide bonds. The van der Waals surface area contributed by atoms with E-state index in [1.54, 1.807) is 7.05 Å². The predicted molar refractivity (Wildman–Crippen MR) is 30.8 cm³/mol. The van der Waals surface area contributed by atoms with Gasteiger partial charge in [-0.1, -0.05) is 0 Å². The van der Waals surface area contributed by atoms with Crippen molar-refractivity contribution in [2.24, 2.45) is 7.05 Å². The molecule has 0 radical (unpaired) electrons. The van der Waals surface area contributed by atoms with Gasteiger partial charge in [0.1, 0.15) is 0 Å². The molecule has 2 N–H and O–H groups in total. The summed E-state index contributed by atoms with van der Waals surface area (Å²) in [5, 5.41) is 17.4. The van der Waals surface area contributed by atoms with Crippen LogP contribution in [0.4, 0.5) is 0 Å². The largest absolute Gasteiger partial charge is 0.494 e. The van der Waals surface area contributed by atoms with E-state index in [1.807, 2.05) is 0 Å². The summed E-state index contributed by atoms with van der Waals surface area (Å²) in [6.07, 6.45) is 0. The number of aromatic nitrogens is 1. The first-order valence-corrected chi connectivity index (χ1v) is 2.98. The number of aromatic hydroxyl groups is 1. The van der Waals surface area contributed by atoms with E-state index in [0.717, 1.165) is 0 Å². The fraction of sp³-hybridized carbons (Fsp3) is 0.250. The van der Waals surface area contributed by atoms with Gasteiger partial charge in [-0.25, -0.2) is 0 Å². The van der Waals surface area contributed by atoms with Gasteiger partial charge in [0.05, 0.1) is 5.38 Å². The lowest BCUT2D eigenvalue weighted by Gasteiger charge is -1.87. The van der Waals surface area contributed by atoms with Crippen LogP contribution in [-0.4, -0.2) is 9.67 Å². The lowest BCUT2D eigenvalue weighted by atomic mass is 10.8. The van der Waals surface area contributed by atoms with Gasteiger partial charge in [-0.2, -0.15) is 0 Å². The topological polar surface area (TPSA) is 49.0 Å². The van der Waals surface area contributed by atoms with Gasteiger partial charge in [0.15, 0.2) is 4.80 Å². The molecule has 1 aromatic heterocycles. The predicted octanol–water partition coefficient (Wildman–Crippen LogP) is 0.272. The van der Waals surface area contributed by atoms with Gasteiger partial charge in [-0.3, -0.25) is 9.98 Å². The molecule has 44 valence electrons. The van der Waals surface area contributed by atoms with Crippen LogP contribution in [0.2, 0.25) is 0 Å². The Labute approximate surface area is 50.3 Å². The van der Waals surface area contributed by atoms with E-state index < -0.39 is 0 Å². The average Bonchev–Trinajstić information content (AvgIpc) is 1.98. The maximum absolute atomic E-state index is 8.79. The molecule has 1 rings (SSSR count). The van der Waals surface area contributed by atoms with Gasteiger partial charge in [0, 0.05) is 7.05 Å². The summed E-state index contributed by atoms with van der Waals surface area (Å²) < 4.78 is 1.41. The number of nitrogens with one attached hydrogen (secondary N) is 1. The Morgan fingerprint density at radius 1 is 1.88 bits per heavy atom. The zero-order valence-corrected chi connectivity index (χ0v) is 5.20. The first-order valence-electron chi connectivity index (χ1n) is 2.10. The first kappa shape index (κ1) is 5.37. The van der Waals surface area contributed by atoms with Crippen molar-refractivity contribution in [2.75, 3.05) is 0 Å². The van der Waals surface area contributed by atoms with Crippen LogP contribution in [0.3, 0.4) is 0 Å². The van der Waals surface area contributed by atoms with Crippen molar-refractivity contribution in [3.05, 3.63) is 10.2 Å². The van der Waals surface area contributed by atoms with Crippen molar-refractivity contribution < 1.29 is 5.11 Å². The third-order valence-corrected chi connectivity index (χ3v) is 1.75. The highest BCUT2D eigenvalue weighted by atomic mass is 32.1. The Morgan fingerprint density at radius 3 is 2.62 bits per heavy atom. The highest BCUT2D eigenvalue weighted by Crippen LogP contribution is 2.04. The molecule has 0 spiro atoms. The minimum Gasteiger partial charge on any atom is -0.494 e. The van der Waals surface area contributed by atoms with Crippen LogP contribution < -0.4 is 4.80 Å². The average molecular weight is 130 g/mol. The van der Waals surface area contributed by atoms with Crippen LogP contribution >= 0.6 is 11.3 Å². The van der Waals surface area contributed by atoms with Crippen LogP contribution in [0.5, 0.6) is 5.88 Å². The standard InChI is InChI=1S/C4H6N2OS/c1-6-3(7)2-8-4(6)5/h2,5,7H,1H3. The SMILES string of the molecule is Cn1c(O)csc1=N. The molecule has 0 fully saturated rings. The second-order valence-corrected chi connectivity index (χ2v) is 2.32. The smallest absolute Gasteiger partial charge is 0.203 e. The third-order valence-electron chi connectivity index (χ3n) is 0.924. The first-order chi connectivity index (χ1) is 3.72. The molecule has 4 heteroatoms. The summed E-state index contributed by atoms with van der Waals surface area (Å²) >= 11 is 1.21. The fourth-order valence-electron chi connectivity index (χ4n) is 0.371. The minimum atomic E-state index is 0.153. The van der Waals surface area contributed by atoms with Crippen molar-refractivity contribution in [3.63, 3.8) is 0 Å². The highest BCUT2D eigenvalue weighted by Gasteiger charge is 1.92. The molecule has 0 aromatic carbocycles. The molecule has 8 heavy (non-hydrogen) atoms. The summed E-state index contributed by atoms with van der Waals surface area (Å²) in [6.45, 7) is 0. The van der Waals surface area contributed by atoms with E-state index in [0.29, 0.717) is 4.80 Å². The van der Waals surface area contributed by atoms with Crippen molar-refractivity contribution in [3.8, 4) is 5.88 Å². The Morgan fingerprint density at radius 2 is 2.50 bits per heavy atom. The maximum Gasteiger partial charge on any atom is 0.203 e.